The molecule has 12 nitrogen and oxygen atoms in total. The second-order valence-corrected chi connectivity index (χ2v) is 24.8. The van der Waals surface area contributed by atoms with E-state index in [4.69, 9.17) is 28.4 Å². The first kappa shape index (κ1) is 72.2. The SMILES string of the molecule is CCCCCCCCOc1cc(Cn2cc(O)c(=O)c3cc4c(=O)c(O)cn(Cc5cc(OCCCCCCCC)c(OCCCCCCCC)c(OCCCCCCCC)c5)c4c(C)c32)cc(OCCCCCCCC)c1OCCCCCCCC. The van der Waals surface area contributed by atoms with Crippen LogP contribution in [0.5, 0.6) is 46.0 Å². The van der Waals surface area contributed by atoms with E-state index in [1.54, 1.807) is 6.07 Å². The lowest BCUT2D eigenvalue weighted by Gasteiger charge is -2.22. The molecular weight excluding hydrogens is 1090 g/mol. The van der Waals surface area contributed by atoms with Gasteiger partial charge in [-0.2, -0.15) is 0 Å². The first-order valence-electron chi connectivity index (χ1n) is 35.3. The Hall–Kier alpha value is -5.52. The molecule has 0 spiro atoms. The second-order valence-electron chi connectivity index (χ2n) is 24.8. The number of rotatable bonds is 52. The third kappa shape index (κ3) is 25.1. The fraction of sp³-hybridized carbons (Fsp3) is 0.680. The highest BCUT2D eigenvalue weighted by molar-refractivity contribution is 5.99. The Morgan fingerprint density at radius 1 is 0.322 bits per heavy atom. The van der Waals surface area contributed by atoms with Gasteiger partial charge in [0.05, 0.1) is 73.8 Å². The lowest BCUT2D eigenvalue weighted by Crippen LogP contribution is -2.16. The molecule has 0 saturated carbocycles. The number of hydrogen-bond acceptors (Lipinski definition) is 10. The van der Waals surface area contributed by atoms with Gasteiger partial charge in [-0.1, -0.05) is 234 Å². The maximum Gasteiger partial charge on any atom is 0.230 e. The standard InChI is InChI=1S/C75H118N2O10/c1-8-14-20-26-32-38-44-82-66-50-60(51-67(83-45-39-33-27-21-15-9-2)74(66)86-48-42-36-30-24-18-12-5)55-76-57-64(78)72(80)62-54-63-71(59(7)70(62)76)77(58-65(79)73(63)81)56-61-52-68(84-46-40-34-28-22-16-10-3)75(87-49-43-37-31-25-19-13-6)69(53-61)85-47-41-35-29-23-17-11-4/h50-54,57-58,78-79H,8-49,55-56H2,1-7H3. The van der Waals surface area contributed by atoms with Gasteiger partial charge in [0.1, 0.15) is 0 Å². The first-order valence-corrected chi connectivity index (χ1v) is 35.3. The molecule has 0 saturated heterocycles. The van der Waals surface area contributed by atoms with Crippen LogP contribution in [0.3, 0.4) is 0 Å². The van der Waals surface area contributed by atoms with E-state index in [2.05, 4.69) is 41.5 Å². The minimum atomic E-state index is -0.597. The summed E-state index contributed by atoms with van der Waals surface area (Å²) in [6.07, 6.45) is 44.0. The van der Waals surface area contributed by atoms with Crippen LogP contribution in [0.15, 0.2) is 52.3 Å². The van der Waals surface area contributed by atoms with Gasteiger partial charge in [0, 0.05) is 13.1 Å². The van der Waals surface area contributed by atoms with Crippen LogP contribution in [-0.2, 0) is 13.1 Å². The Bertz CT molecular complexity index is 2550. The quantitative estimate of drug-likeness (QED) is 0.0286. The van der Waals surface area contributed by atoms with Gasteiger partial charge in [0.25, 0.3) is 0 Å². The number of aromatic nitrogens is 2. The molecule has 0 radical (unpaired) electrons. The molecule has 12 heteroatoms. The monoisotopic (exact) mass is 1210 g/mol. The van der Waals surface area contributed by atoms with E-state index in [0.29, 0.717) is 90.7 Å². The molecule has 0 unspecified atom stereocenters. The Labute approximate surface area is 525 Å². The molecule has 0 amide bonds. The Balaban J connectivity index is 1.61. The van der Waals surface area contributed by atoms with Crippen LogP contribution in [-0.4, -0.2) is 59.0 Å². The molecule has 0 aliphatic heterocycles. The Kier molecular flexibility index (Phi) is 35.9. The predicted molar refractivity (Wildman–Crippen MR) is 362 cm³/mol. The Morgan fingerprint density at radius 2 is 0.552 bits per heavy atom. The van der Waals surface area contributed by atoms with Crippen molar-refractivity contribution in [3.63, 3.8) is 0 Å². The van der Waals surface area contributed by atoms with Gasteiger partial charge in [0.15, 0.2) is 34.5 Å². The van der Waals surface area contributed by atoms with Crippen LogP contribution in [0.4, 0.5) is 0 Å². The average molecular weight is 1210 g/mol. The third-order valence-electron chi connectivity index (χ3n) is 17.0. The summed E-state index contributed by atoms with van der Waals surface area (Å²) in [6.45, 7) is 19.0. The number of fused-ring (bicyclic) bond motifs is 2. The summed E-state index contributed by atoms with van der Waals surface area (Å²) in [6, 6.07) is 9.64. The van der Waals surface area contributed by atoms with E-state index in [9.17, 15) is 19.8 Å². The zero-order chi connectivity index (χ0) is 62.3. The Morgan fingerprint density at radius 3 is 0.805 bits per heavy atom. The number of benzene rings is 3. The van der Waals surface area contributed by atoms with Crippen molar-refractivity contribution in [2.24, 2.45) is 0 Å². The van der Waals surface area contributed by atoms with E-state index in [-0.39, 0.29) is 23.9 Å². The highest BCUT2D eigenvalue weighted by Crippen LogP contribution is 2.42. The lowest BCUT2D eigenvalue weighted by molar-refractivity contribution is 0.234. The van der Waals surface area contributed by atoms with E-state index in [0.717, 1.165) is 88.2 Å². The minimum Gasteiger partial charge on any atom is -0.503 e. The van der Waals surface area contributed by atoms with Crippen LogP contribution in [0.2, 0.25) is 0 Å². The summed E-state index contributed by atoms with van der Waals surface area (Å²) in [5.41, 5.74) is 2.24. The fourth-order valence-corrected chi connectivity index (χ4v) is 11.9. The molecule has 0 aliphatic carbocycles. The van der Waals surface area contributed by atoms with Gasteiger partial charge < -0.3 is 47.8 Å². The van der Waals surface area contributed by atoms with Gasteiger partial charge in [-0.25, -0.2) is 0 Å². The van der Waals surface area contributed by atoms with Crippen molar-refractivity contribution in [3.05, 3.63) is 79.9 Å². The molecule has 2 heterocycles. The smallest absolute Gasteiger partial charge is 0.230 e. The molecule has 2 N–H and O–H groups in total. The first-order chi connectivity index (χ1) is 42.6. The maximum atomic E-state index is 14.2. The maximum absolute atomic E-state index is 14.2. The highest BCUT2D eigenvalue weighted by atomic mass is 16.5. The number of aromatic hydroxyl groups is 2. The highest BCUT2D eigenvalue weighted by Gasteiger charge is 2.23. The zero-order valence-electron chi connectivity index (χ0n) is 55.7. The molecule has 0 aliphatic rings. The summed E-state index contributed by atoms with van der Waals surface area (Å²) >= 11 is 0. The number of hydrogen-bond donors (Lipinski definition) is 2. The largest absolute Gasteiger partial charge is 0.503 e. The van der Waals surface area contributed by atoms with Crippen molar-refractivity contribution in [2.75, 3.05) is 39.6 Å². The minimum absolute atomic E-state index is 0.176. The van der Waals surface area contributed by atoms with Gasteiger partial charge in [-0.15, -0.1) is 0 Å². The van der Waals surface area contributed by atoms with E-state index >= 15 is 0 Å². The molecule has 0 atom stereocenters. The van der Waals surface area contributed by atoms with Crippen molar-refractivity contribution in [2.45, 2.75) is 293 Å². The fourth-order valence-electron chi connectivity index (χ4n) is 11.9. The van der Waals surface area contributed by atoms with Crippen molar-refractivity contribution in [1.82, 2.24) is 9.13 Å². The van der Waals surface area contributed by atoms with Gasteiger partial charge in [0.2, 0.25) is 22.4 Å². The predicted octanol–water partition coefficient (Wildman–Crippen LogP) is 20.6. The van der Waals surface area contributed by atoms with Crippen LogP contribution in [0.25, 0.3) is 21.8 Å². The van der Waals surface area contributed by atoms with E-state index in [1.807, 2.05) is 40.3 Å². The summed E-state index contributed by atoms with van der Waals surface area (Å²) in [7, 11) is 0. The molecule has 3 aromatic carbocycles. The number of aryl methyl sites for hydroxylation is 1. The zero-order valence-corrected chi connectivity index (χ0v) is 55.7. The average Bonchev–Trinajstić information content (AvgIpc) is 0.998. The van der Waals surface area contributed by atoms with Crippen molar-refractivity contribution in [3.8, 4) is 46.0 Å². The van der Waals surface area contributed by atoms with E-state index in [1.165, 1.54) is 166 Å². The molecule has 0 fully saturated rings. The number of unbranched alkanes of at least 4 members (excludes halogenated alkanes) is 30. The van der Waals surface area contributed by atoms with Crippen LogP contribution in [0, 0.1) is 6.92 Å². The molecule has 488 valence electrons. The topological polar surface area (TPSA) is 140 Å². The van der Waals surface area contributed by atoms with Gasteiger partial charge in [-0.3, -0.25) is 9.59 Å². The molecule has 0 bridgehead atoms. The molecule has 2 aromatic heterocycles. The van der Waals surface area contributed by atoms with Gasteiger partial charge in [-0.05, 0) is 92.5 Å². The van der Waals surface area contributed by atoms with E-state index < -0.39 is 22.4 Å². The summed E-state index contributed by atoms with van der Waals surface area (Å²) in [5, 5.41) is 23.3. The third-order valence-corrected chi connectivity index (χ3v) is 17.0. The molecular formula is C75H118N2O10. The number of pyridine rings is 2. The lowest BCUT2D eigenvalue weighted by atomic mass is 10.0. The van der Waals surface area contributed by atoms with Crippen molar-refractivity contribution < 1.29 is 38.6 Å². The summed E-state index contributed by atoms with van der Waals surface area (Å²) in [5.74, 6) is 2.83. The molecule has 5 rings (SSSR count). The van der Waals surface area contributed by atoms with Crippen molar-refractivity contribution in [1.29, 1.82) is 0 Å². The van der Waals surface area contributed by atoms with Crippen LogP contribution >= 0.6 is 0 Å². The van der Waals surface area contributed by atoms with Crippen LogP contribution in [0.1, 0.15) is 289 Å². The normalized spacial score (nSPS) is 11.5. The summed E-state index contributed by atoms with van der Waals surface area (Å²) < 4.78 is 44.0. The number of nitrogens with zero attached hydrogens (tertiary/aromatic N) is 2. The van der Waals surface area contributed by atoms with Gasteiger partial charge >= 0.3 is 0 Å². The van der Waals surface area contributed by atoms with Crippen molar-refractivity contribution >= 4 is 21.8 Å². The second kappa shape index (κ2) is 43.2. The molecule has 5 aromatic rings. The summed E-state index contributed by atoms with van der Waals surface area (Å²) in [4.78, 5) is 28.4. The van der Waals surface area contributed by atoms with Crippen LogP contribution < -0.4 is 39.3 Å². The number of ether oxygens (including phenoxy) is 6. The molecule has 87 heavy (non-hydrogen) atoms.